The molecule has 2 heteroatoms. The Labute approximate surface area is 125 Å². The van der Waals surface area contributed by atoms with Gasteiger partial charge in [-0.25, -0.2) is 0 Å². The molecule has 0 aromatic heterocycles. The molecule has 1 aliphatic carbocycles. The Morgan fingerprint density at radius 1 is 1.20 bits per heavy atom. The van der Waals surface area contributed by atoms with Crippen LogP contribution in [0.1, 0.15) is 33.6 Å². The Bertz CT molecular complexity index is 506. The molecule has 0 aromatic rings. The Balaban J connectivity index is 2.66. The Morgan fingerprint density at radius 2 is 1.80 bits per heavy atom. The third-order valence-corrected chi connectivity index (χ3v) is 10.7. The molecule has 110 valence electrons. The summed E-state index contributed by atoms with van der Waals surface area (Å²) in [5.74, 6) is 0. The summed E-state index contributed by atoms with van der Waals surface area (Å²) in [6, 6.07) is 0. The van der Waals surface area contributed by atoms with Gasteiger partial charge in [0, 0.05) is 0 Å². The van der Waals surface area contributed by atoms with Crippen LogP contribution in [-0.4, -0.2) is 21.3 Å². The van der Waals surface area contributed by atoms with E-state index in [1.54, 1.807) is 10.8 Å². The molecule has 0 amide bonds. The van der Waals surface area contributed by atoms with Crippen molar-refractivity contribution < 1.29 is 4.74 Å². The van der Waals surface area contributed by atoms with Gasteiger partial charge >= 0.3 is 0 Å². The summed E-state index contributed by atoms with van der Waals surface area (Å²) in [5, 5.41) is 1.86. The van der Waals surface area contributed by atoms with E-state index in [9.17, 15) is 0 Å². The molecule has 0 N–H and O–H groups in total. The lowest BCUT2D eigenvalue weighted by Crippen LogP contribution is -2.41. The summed E-state index contributed by atoms with van der Waals surface area (Å²) in [6.45, 7) is 21.8. The van der Waals surface area contributed by atoms with Gasteiger partial charge in [0.2, 0.25) is 0 Å². The van der Waals surface area contributed by atoms with Crippen molar-refractivity contribution in [2.75, 3.05) is 13.2 Å². The molecule has 1 saturated carbocycles. The molecule has 2 fully saturated rings. The van der Waals surface area contributed by atoms with Crippen molar-refractivity contribution in [1.82, 2.24) is 0 Å². The zero-order valence-electron chi connectivity index (χ0n) is 13.7. The monoisotopic (exact) mass is 288 g/mol. The van der Waals surface area contributed by atoms with Crippen LogP contribution in [0.3, 0.4) is 0 Å². The maximum Gasteiger partial charge on any atom is 0.0871 e. The third kappa shape index (κ3) is 2.64. The first-order valence-electron chi connectivity index (χ1n) is 7.54. The molecule has 1 saturated heterocycles. The molecule has 20 heavy (non-hydrogen) atoms. The standard InChI is InChI=1S/C18H28OSi/c1-8-15(14-9-10-14)17(16-12-19-11-13(16)2)20(6,7)18(3,4)5/h8H,1-2,9-12H2,3-7H3/b17-16+. The smallest absolute Gasteiger partial charge is 0.0871 e. The van der Waals surface area contributed by atoms with E-state index >= 15 is 0 Å². The number of rotatable bonds is 3. The molecule has 1 heterocycles. The third-order valence-electron chi connectivity index (χ3n) is 5.11. The first-order chi connectivity index (χ1) is 9.20. The van der Waals surface area contributed by atoms with Gasteiger partial charge in [-0.05, 0) is 39.8 Å². The maximum absolute atomic E-state index is 5.66. The minimum atomic E-state index is -1.64. The Hall–Kier alpha value is -0.863. The first kappa shape index (κ1) is 15.5. The van der Waals surface area contributed by atoms with Crippen LogP contribution in [-0.2, 0) is 4.74 Å². The highest BCUT2D eigenvalue weighted by atomic mass is 28.3. The Kier molecular flexibility index (Phi) is 4.00. The molecule has 0 radical (unpaired) electrons. The lowest BCUT2D eigenvalue weighted by Gasteiger charge is -2.41. The first-order valence-corrected chi connectivity index (χ1v) is 10.5. The molecule has 0 unspecified atom stereocenters. The minimum Gasteiger partial charge on any atom is -0.372 e. The average Bonchev–Trinajstić information content (AvgIpc) is 3.08. The second-order valence-electron chi connectivity index (χ2n) is 7.55. The predicted octanol–water partition coefficient (Wildman–Crippen LogP) is 5.19. The largest absolute Gasteiger partial charge is 0.372 e. The molecule has 2 aliphatic rings. The highest BCUT2D eigenvalue weighted by Gasteiger charge is 2.42. The van der Waals surface area contributed by atoms with E-state index < -0.39 is 8.07 Å². The summed E-state index contributed by atoms with van der Waals surface area (Å²) in [6.07, 6.45) is 4.55. The van der Waals surface area contributed by atoms with Crippen molar-refractivity contribution in [2.45, 2.75) is 51.7 Å². The molecule has 0 spiro atoms. The van der Waals surface area contributed by atoms with Gasteiger partial charge in [0.1, 0.15) is 0 Å². The lowest BCUT2D eigenvalue weighted by atomic mass is 10.1. The quantitative estimate of drug-likeness (QED) is 0.649. The van der Waals surface area contributed by atoms with Crippen LogP contribution >= 0.6 is 0 Å². The van der Waals surface area contributed by atoms with Crippen LogP contribution in [0, 0.1) is 0 Å². The summed E-state index contributed by atoms with van der Waals surface area (Å²) in [5.41, 5.74) is 5.53. The van der Waals surface area contributed by atoms with Gasteiger partial charge in [-0.3, -0.25) is 0 Å². The van der Waals surface area contributed by atoms with Crippen molar-refractivity contribution >= 4 is 8.07 Å². The van der Waals surface area contributed by atoms with Gasteiger partial charge < -0.3 is 4.74 Å². The van der Waals surface area contributed by atoms with Crippen LogP contribution in [0.25, 0.3) is 0 Å². The molecule has 2 rings (SSSR count). The van der Waals surface area contributed by atoms with E-state index in [0.29, 0.717) is 11.6 Å². The van der Waals surface area contributed by atoms with Crippen molar-refractivity contribution in [3.05, 3.63) is 46.7 Å². The highest BCUT2D eigenvalue weighted by molar-refractivity contribution is 6.87. The fourth-order valence-corrected chi connectivity index (χ4v) is 5.43. The fraction of sp³-hybridized carbons (Fsp3) is 0.556. The number of hydrogen-bond donors (Lipinski definition) is 0. The zero-order valence-corrected chi connectivity index (χ0v) is 14.7. The van der Waals surface area contributed by atoms with Gasteiger partial charge in [0.25, 0.3) is 0 Å². The Morgan fingerprint density at radius 3 is 2.15 bits per heavy atom. The molecule has 0 atom stereocenters. The van der Waals surface area contributed by atoms with Gasteiger partial charge in [-0.2, -0.15) is 0 Å². The maximum atomic E-state index is 5.66. The topological polar surface area (TPSA) is 9.23 Å². The van der Waals surface area contributed by atoms with E-state index in [1.165, 1.54) is 29.6 Å². The van der Waals surface area contributed by atoms with Crippen molar-refractivity contribution in [3.8, 4) is 0 Å². The van der Waals surface area contributed by atoms with Crippen molar-refractivity contribution in [3.63, 3.8) is 0 Å². The van der Waals surface area contributed by atoms with Gasteiger partial charge in [-0.15, -0.1) is 0 Å². The zero-order chi connectivity index (χ0) is 15.1. The van der Waals surface area contributed by atoms with Crippen LogP contribution in [0.15, 0.2) is 46.7 Å². The normalized spacial score (nSPS) is 22.1. The summed E-state index contributed by atoms with van der Waals surface area (Å²) in [7, 11) is -1.64. The predicted molar refractivity (Wildman–Crippen MR) is 90.6 cm³/mol. The van der Waals surface area contributed by atoms with Crippen LogP contribution in [0.5, 0.6) is 0 Å². The fourth-order valence-electron chi connectivity index (χ4n) is 2.72. The van der Waals surface area contributed by atoms with Crippen molar-refractivity contribution in [2.24, 2.45) is 0 Å². The highest BCUT2D eigenvalue weighted by Crippen LogP contribution is 2.48. The minimum absolute atomic E-state index is 0.307. The van der Waals surface area contributed by atoms with Gasteiger partial charge in [-0.1, -0.05) is 58.7 Å². The summed E-state index contributed by atoms with van der Waals surface area (Å²) < 4.78 is 5.66. The summed E-state index contributed by atoms with van der Waals surface area (Å²) in [4.78, 5) is 0. The van der Waals surface area contributed by atoms with Crippen molar-refractivity contribution in [1.29, 1.82) is 0 Å². The molecule has 0 bridgehead atoms. The second-order valence-corrected chi connectivity index (χ2v) is 12.8. The summed E-state index contributed by atoms with van der Waals surface area (Å²) >= 11 is 0. The van der Waals surface area contributed by atoms with E-state index in [2.05, 4.69) is 53.1 Å². The van der Waals surface area contributed by atoms with E-state index in [0.717, 1.165) is 6.61 Å². The van der Waals surface area contributed by atoms with Crippen LogP contribution in [0.2, 0.25) is 18.1 Å². The SMILES string of the molecule is C=CC(=C1CC1)/C(=C1/COCC1=C)[Si](C)(C)C(C)(C)C. The molecular weight excluding hydrogens is 260 g/mol. The molecule has 1 aliphatic heterocycles. The van der Waals surface area contributed by atoms with Gasteiger partial charge in [0.15, 0.2) is 0 Å². The number of ether oxygens (including phenoxy) is 1. The van der Waals surface area contributed by atoms with E-state index in [-0.39, 0.29) is 0 Å². The molecule has 0 aromatic carbocycles. The van der Waals surface area contributed by atoms with Crippen LogP contribution in [0.4, 0.5) is 0 Å². The second kappa shape index (κ2) is 5.16. The van der Waals surface area contributed by atoms with E-state index in [1.807, 2.05) is 0 Å². The molecular formula is C18H28OSi. The average molecular weight is 289 g/mol. The van der Waals surface area contributed by atoms with E-state index in [4.69, 9.17) is 4.74 Å². The van der Waals surface area contributed by atoms with Crippen LogP contribution < -0.4 is 0 Å². The number of hydrogen-bond acceptors (Lipinski definition) is 1. The van der Waals surface area contributed by atoms with Gasteiger partial charge in [0.05, 0.1) is 21.3 Å². The number of allylic oxidation sites excluding steroid dienone is 4. The molecule has 1 nitrogen and oxygen atoms in total. The lowest BCUT2D eigenvalue weighted by molar-refractivity contribution is 0.215.